The molecule has 1 nitrogen and oxygen atoms in total. The SMILES string of the molecule is Oc1[c]ccc(C(Cl)(Cl)Cl)c1. The summed E-state index contributed by atoms with van der Waals surface area (Å²) in [6, 6.07) is 6.95. The predicted molar refractivity (Wildman–Crippen MR) is 46.2 cm³/mol. The quantitative estimate of drug-likeness (QED) is 0.653. The molecule has 0 spiro atoms. The van der Waals surface area contributed by atoms with E-state index in [9.17, 15) is 0 Å². The molecule has 0 saturated heterocycles. The van der Waals surface area contributed by atoms with Gasteiger partial charge in [-0.25, -0.2) is 0 Å². The molecule has 0 amide bonds. The lowest BCUT2D eigenvalue weighted by Crippen LogP contribution is -1.98. The van der Waals surface area contributed by atoms with Crippen molar-refractivity contribution >= 4 is 34.8 Å². The molecule has 0 aromatic heterocycles. The van der Waals surface area contributed by atoms with Crippen LogP contribution in [0.15, 0.2) is 18.2 Å². The van der Waals surface area contributed by atoms with Gasteiger partial charge in [0.1, 0.15) is 5.75 Å². The van der Waals surface area contributed by atoms with Crippen molar-refractivity contribution in [2.75, 3.05) is 0 Å². The van der Waals surface area contributed by atoms with Crippen molar-refractivity contribution in [3.8, 4) is 5.75 Å². The molecule has 11 heavy (non-hydrogen) atoms. The highest BCUT2D eigenvalue weighted by Crippen LogP contribution is 2.38. The number of halogens is 3. The molecule has 1 radical (unpaired) electrons. The van der Waals surface area contributed by atoms with Crippen molar-refractivity contribution in [1.82, 2.24) is 0 Å². The minimum atomic E-state index is -1.48. The van der Waals surface area contributed by atoms with Crippen LogP contribution in [0.5, 0.6) is 5.75 Å². The minimum absolute atomic E-state index is 0.0335. The summed E-state index contributed by atoms with van der Waals surface area (Å²) in [6.45, 7) is 0. The van der Waals surface area contributed by atoms with Crippen LogP contribution >= 0.6 is 34.8 Å². The number of aromatic hydroxyl groups is 1. The van der Waals surface area contributed by atoms with Crippen LogP contribution in [-0.2, 0) is 3.79 Å². The fraction of sp³-hybridized carbons (Fsp3) is 0.143. The Labute approximate surface area is 79.5 Å². The fourth-order valence-corrected chi connectivity index (χ4v) is 0.983. The zero-order chi connectivity index (χ0) is 8.48. The summed E-state index contributed by atoms with van der Waals surface area (Å²) in [7, 11) is 0. The lowest BCUT2D eigenvalue weighted by molar-refractivity contribution is 0.473. The molecule has 0 bridgehead atoms. The lowest BCUT2D eigenvalue weighted by atomic mass is 10.2. The van der Waals surface area contributed by atoms with Crippen LogP contribution in [0.1, 0.15) is 5.56 Å². The van der Waals surface area contributed by atoms with Gasteiger partial charge in [0.05, 0.1) is 0 Å². The summed E-state index contributed by atoms with van der Waals surface area (Å²) in [5.74, 6) is -0.0335. The number of alkyl halides is 3. The largest absolute Gasteiger partial charge is 0.507 e. The molecular formula is C7H4Cl3O. The molecule has 1 aromatic carbocycles. The van der Waals surface area contributed by atoms with Crippen LogP contribution < -0.4 is 0 Å². The number of hydrogen-bond donors (Lipinski definition) is 1. The Hall–Kier alpha value is -0.110. The second-order valence-corrected chi connectivity index (χ2v) is 4.24. The highest BCUT2D eigenvalue weighted by molar-refractivity contribution is 6.66. The molecule has 1 N–H and O–H groups in total. The Balaban J connectivity index is 3.06. The highest BCUT2D eigenvalue weighted by atomic mass is 35.6. The Morgan fingerprint density at radius 2 is 2.00 bits per heavy atom. The zero-order valence-electron chi connectivity index (χ0n) is 5.31. The number of phenols is 1. The number of rotatable bonds is 0. The van der Waals surface area contributed by atoms with Gasteiger partial charge in [0, 0.05) is 11.6 Å². The van der Waals surface area contributed by atoms with Gasteiger partial charge in [-0.2, -0.15) is 0 Å². The Morgan fingerprint density at radius 1 is 1.36 bits per heavy atom. The van der Waals surface area contributed by atoms with Crippen LogP contribution in [0.2, 0.25) is 0 Å². The van der Waals surface area contributed by atoms with Crippen molar-refractivity contribution < 1.29 is 5.11 Å². The van der Waals surface area contributed by atoms with E-state index in [1.54, 1.807) is 6.07 Å². The second kappa shape index (κ2) is 3.10. The summed E-state index contributed by atoms with van der Waals surface area (Å²) in [5, 5.41) is 8.94. The Morgan fingerprint density at radius 3 is 2.36 bits per heavy atom. The number of phenolic OH excluding ortho intramolecular Hbond substituents is 1. The molecule has 0 aliphatic rings. The van der Waals surface area contributed by atoms with Crippen LogP contribution in [0.3, 0.4) is 0 Å². The van der Waals surface area contributed by atoms with Crippen molar-refractivity contribution in [2.24, 2.45) is 0 Å². The topological polar surface area (TPSA) is 20.2 Å². The molecule has 0 saturated carbocycles. The monoisotopic (exact) mass is 209 g/mol. The van der Waals surface area contributed by atoms with Gasteiger partial charge in [0.15, 0.2) is 0 Å². The van der Waals surface area contributed by atoms with Gasteiger partial charge in [0.25, 0.3) is 0 Å². The third-order valence-corrected chi connectivity index (χ3v) is 1.77. The first-order valence-corrected chi connectivity index (χ1v) is 3.91. The lowest BCUT2D eigenvalue weighted by Gasteiger charge is -2.10. The minimum Gasteiger partial charge on any atom is -0.507 e. The van der Waals surface area contributed by atoms with E-state index in [1.807, 2.05) is 0 Å². The summed E-state index contributed by atoms with van der Waals surface area (Å²) < 4.78 is -1.48. The van der Waals surface area contributed by atoms with Gasteiger partial charge in [-0.05, 0) is 6.07 Å². The van der Waals surface area contributed by atoms with Gasteiger partial charge in [-0.1, -0.05) is 46.9 Å². The Bertz CT molecular complexity index is 254. The standard InChI is InChI=1S/C7H4Cl3O/c8-7(9,10)5-2-1-3-6(11)4-5/h1-2,4,11H. The molecule has 1 aromatic rings. The molecule has 59 valence electrons. The predicted octanol–water partition coefficient (Wildman–Crippen LogP) is 3.02. The second-order valence-electron chi connectivity index (χ2n) is 1.96. The van der Waals surface area contributed by atoms with Crippen LogP contribution in [0.25, 0.3) is 0 Å². The fourth-order valence-electron chi connectivity index (χ4n) is 0.630. The third-order valence-electron chi connectivity index (χ3n) is 1.11. The average Bonchev–Trinajstić information content (AvgIpc) is 1.86. The van der Waals surface area contributed by atoms with Crippen molar-refractivity contribution in [3.63, 3.8) is 0 Å². The highest BCUT2D eigenvalue weighted by Gasteiger charge is 2.22. The van der Waals surface area contributed by atoms with E-state index in [1.165, 1.54) is 12.1 Å². The molecule has 4 heteroatoms. The number of hydrogen-bond acceptors (Lipinski definition) is 1. The van der Waals surface area contributed by atoms with E-state index in [0.29, 0.717) is 5.56 Å². The van der Waals surface area contributed by atoms with Crippen LogP contribution in [-0.4, -0.2) is 5.11 Å². The third kappa shape index (κ3) is 2.44. The average molecular weight is 210 g/mol. The van der Waals surface area contributed by atoms with Gasteiger partial charge in [-0.3, -0.25) is 0 Å². The molecule has 0 aliphatic heterocycles. The van der Waals surface area contributed by atoms with Crippen molar-refractivity contribution in [3.05, 3.63) is 29.8 Å². The van der Waals surface area contributed by atoms with Gasteiger partial charge in [-0.15, -0.1) is 0 Å². The van der Waals surface area contributed by atoms with Crippen LogP contribution in [0.4, 0.5) is 0 Å². The van der Waals surface area contributed by atoms with E-state index >= 15 is 0 Å². The van der Waals surface area contributed by atoms with Gasteiger partial charge < -0.3 is 5.11 Å². The summed E-state index contributed by atoms with van der Waals surface area (Å²) in [5.41, 5.74) is 0.429. The van der Waals surface area contributed by atoms with Crippen molar-refractivity contribution in [1.29, 1.82) is 0 Å². The molecular weight excluding hydrogens is 206 g/mol. The van der Waals surface area contributed by atoms with Crippen molar-refractivity contribution in [2.45, 2.75) is 3.79 Å². The zero-order valence-corrected chi connectivity index (χ0v) is 7.58. The van der Waals surface area contributed by atoms with Gasteiger partial charge >= 0.3 is 0 Å². The molecule has 0 aliphatic carbocycles. The maximum Gasteiger partial charge on any atom is 0.216 e. The smallest absolute Gasteiger partial charge is 0.216 e. The first-order chi connectivity index (χ1) is 5.00. The Kier molecular flexibility index (Phi) is 2.53. The molecule has 0 fully saturated rings. The summed E-state index contributed by atoms with van der Waals surface area (Å²) in [6.07, 6.45) is 0. The maximum atomic E-state index is 8.94. The molecule has 0 unspecified atom stereocenters. The van der Waals surface area contributed by atoms with Gasteiger partial charge in [0.2, 0.25) is 3.79 Å². The summed E-state index contributed by atoms with van der Waals surface area (Å²) in [4.78, 5) is 0. The van der Waals surface area contributed by atoms with E-state index in [4.69, 9.17) is 39.9 Å². The number of benzene rings is 1. The van der Waals surface area contributed by atoms with Crippen LogP contribution in [0, 0.1) is 6.07 Å². The van der Waals surface area contributed by atoms with E-state index < -0.39 is 3.79 Å². The molecule has 0 atom stereocenters. The molecule has 0 heterocycles. The molecule has 1 rings (SSSR count). The summed E-state index contributed by atoms with van der Waals surface area (Å²) >= 11 is 16.6. The van der Waals surface area contributed by atoms with E-state index in [2.05, 4.69) is 6.07 Å². The first kappa shape index (κ1) is 8.98. The van der Waals surface area contributed by atoms with E-state index in [0.717, 1.165) is 0 Å². The normalized spacial score (nSPS) is 11.5. The van der Waals surface area contributed by atoms with E-state index in [-0.39, 0.29) is 5.75 Å². The first-order valence-electron chi connectivity index (χ1n) is 2.78. The maximum absolute atomic E-state index is 8.94.